The van der Waals surface area contributed by atoms with Crippen LogP contribution in [0.5, 0.6) is 5.75 Å². The predicted octanol–water partition coefficient (Wildman–Crippen LogP) is 5.51. The third-order valence-corrected chi connectivity index (χ3v) is 6.28. The maximum Gasteiger partial charge on any atom is 0.290 e. The standard InChI is InChI=1S/C22H23NO3S/c1-14(15-7-3-2-4-8-15)26-19-12-11-16(17-9-5-6-10-18(17)19)13-20-21(24)23-22(25)27-20/h5-6,9-15H,2-4,7-8H2,1H3,(H,23,24,25). The molecule has 1 heterocycles. The summed E-state index contributed by atoms with van der Waals surface area (Å²) in [6.07, 6.45) is 8.37. The molecule has 1 N–H and O–H groups in total. The minimum Gasteiger partial charge on any atom is -0.490 e. The molecule has 0 spiro atoms. The fraction of sp³-hybridized carbons (Fsp3) is 0.364. The number of carbonyl (C=O) groups excluding carboxylic acids is 2. The summed E-state index contributed by atoms with van der Waals surface area (Å²) in [6.45, 7) is 2.17. The number of amides is 2. The lowest BCUT2D eigenvalue weighted by atomic mass is 9.86. The van der Waals surface area contributed by atoms with E-state index in [4.69, 9.17) is 4.74 Å². The van der Waals surface area contributed by atoms with E-state index >= 15 is 0 Å². The fourth-order valence-electron chi connectivity index (χ4n) is 3.99. The number of benzene rings is 2. The highest BCUT2D eigenvalue weighted by atomic mass is 32.2. The first-order chi connectivity index (χ1) is 13.1. The van der Waals surface area contributed by atoms with E-state index in [2.05, 4.69) is 12.2 Å². The smallest absolute Gasteiger partial charge is 0.290 e. The van der Waals surface area contributed by atoms with Crippen molar-refractivity contribution in [1.29, 1.82) is 0 Å². The number of imide groups is 1. The molecule has 1 aliphatic heterocycles. The molecular formula is C22H23NO3S. The Morgan fingerprint density at radius 1 is 1.07 bits per heavy atom. The molecule has 4 nitrogen and oxygen atoms in total. The van der Waals surface area contributed by atoms with E-state index in [1.54, 1.807) is 6.08 Å². The Balaban J connectivity index is 1.65. The lowest BCUT2D eigenvalue weighted by Gasteiger charge is -2.28. The highest BCUT2D eigenvalue weighted by Gasteiger charge is 2.25. The Morgan fingerprint density at radius 2 is 1.81 bits per heavy atom. The number of carbonyl (C=O) groups is 2. The Morgan fingerprint density at radius 3 is 2.52 bits per heavy atom. The van der Waals surface area contributed by atoms with Crippen molar-refractivity contribution in [2.75, 3.05) is 0 Å². The third kappa shape index (κ3) is 3.88. The number of nitrogens with one attached hydrogen (secondary N) is 1. The van der Waals surface area contributed by atoms with Crippen LogP contribution >= 0.6 is 11.8 Å². The van der Waals surface area contributed by atoms with Gasteiger partial charge >= 0.3 is 0 Å². The second-order valence-electron chi connectivity index (χ2n) is 7.27. The molecule has 2 aromatic carbocycles. The molecule has 2 amide bonds. The zero-order chi connectivity index (χ0) is 18.8. The van der Waals surface area contributed by atoms with Gasteiger partial charge in [0.2, 0.25) is 0 Å². The van der Waals surface area contributed by atoms with Crippen molar-refractivity contribution in [2.45, 2.75) is 45.1 Å². The summed E-state index contributed by atoms with van der Waals surface area (Å²) in [5, 5.41) is 4.03. The molecule has 5 heteroatoms. The molecule has 2 aromatic rings. The summed E-state index contributed by atoms with van der Waals surface area (Å²) in [7, 11) is 0. The van der Waals surface area contributed by atoms with Gasteiger partial charge in [0, 0.05) is 5.39 Å². The fourth-order valence-corrected chi connectivity index (χ4v) is 4.66. The highest BCUT2D eigenvalue weighted by Crippen LogP contribution is 2.35. The molecule has 1 aliphatic carbocycles. The van der Waals surface area contributed by atoms with Crippen LogP contribution in [0, 0.1) is 5.92 Å². The van der Waals surface area contributed by atoms with Crippen LogP contribution in [-0.4, -0.2) is 17.3 Å². The first-order valence-electron chi connectivity index (χ1n) is 9.55. The van der Waals surface area contributed by atoms with Crippen LogP contribution in [0.2, 0.25) is 0 Å². The lowest BCUT2D eigenvalue weighted by molar-refractivity contribution is -0.115. The largest absolute Gasteiger partial charge is 0.490 e. The maximum absolute atomic E-state index is 11.9. The van der Waals surface area contributed by atoms with Gasteiger partial charge in [0.25, 0.3) is 11.1 Å². The SMILES string of the molecule is CC(Oc1ccc(C=C2SC(=O)NC2=O)c2ccccc12)C1CCCCC1. The summed E-state index contributed by atoms with van der Waals surface area (Å²) in [4.78, 5) is 23.7. The van der Waals surface area contributed by atoms with Crippen molar-refractivity contribution in [1.82, 2.24) is 5.32 Å². The van der Waals surface area contributed by atoms with Gasteiger partial charge in [-0.3, -0.25) is 14.9 Å². The van der Waals surface area contributed by atoms with Gasteiger partial charge in [0.15, 0.2) is 0 Å². The molecule has 0 radical (unpaired) electrons. The summed E-state index contributed by atoms with van der Waals surface area (Å²) >= 11 is 0.941. The zero-order valence-electron chi connectivity index (χ0n) is 15.4. The number of thioether (sulfide) groups is 1. The quantitative estimate of drug-likeness (QED) is 0.709. The van der Waals surface area contributed by atoms with Gasteiger partial charge in [-0.25, -0.2) is 0 Å². The van der Waals surface area contributed by atoms with E-state index in [9.17, 15) is 9.59 Å². The number of ether oxygens (including phenoxy) is 1. The molecule has 0 bridgehead atoms. The average Bonchev–Trinajstić information content (AvgIpc) is 3.01. The van der Waals surface area contributed by atoms with Crippen LogP contribution in [0.1, 0.15) is 44.6 Å². The van der Waals surface area contributed by atoms with Gasteiger partial charge in [0.05, 0.1) is 11.0 Å². The minimum absolute atomic E-state index is 0.187. The number of hydrogen-bond acceptors (Lipinski definition) is 4. The number of fused-ring (bicyclic) bond motifs is 1. The Labute approximate surface area is 163 Å². The molecule has 4 rings (SSSR count). The highest BCUT2D eigenvalue weighted by molar-refractivity contribution is 8.18. The molecule has 1 saturated carbocycles. The number of hydrogen-bond donors (Lipinski definition) is 1. The van der Waals surface area contributed by atoms with Gasteiger partial charge in [-0.15, -0.1) is 0 Å². The van der Waals surface area contributed by atoms with Gasteiger partial charge in [-0.2, -0.15) is 0 Å². The van der Waals surface area contributed by atoms with Crippen LogP contribution in [0.3, 0.4) is 0 Å². The van der Waals surface area contributed by atoms with E-state index < -0.39 is 0 Å². The van der Waals surface area contributed by atoms with Crippen LogP contribution in [0.4, 0.5) is 4.79 Å². The Bertz CT molecular complexity index is 915. The molecule has 0 aromatic heterocycles. The Hall–Kier alpha value is -2.27. The summed E-state index contributed by atoms with van der Waals surface area (Å²) in [5.41, 5.74) is 0.913. The number of rotatable bonds is 4. The van der Waals surface area contributed by atoms with Crippen molar-refractivity contribution >= 4 is 39.8 Å². The summed E-state index contributed by atoms with van der Waals surface area (Å²) < 4.78 is 6.37. The Kier molecular flexibility index (Phi) is 5.21. The normalized spacial score (nSPS) is 20.9. The van der Waals surface area contributed by atoms with Crippen LogP contribution < -0.4 is 10.1 Å². The van der Waals surface area contributed by atoms with Crippen molar-refractivity contribution in [2.24, 2.45) is 5.92 Å². The average molecular weight is 381 g/mol. The third-order valence-electron chi connectivity index (χ3n) is 5.47. The van der Waals surface area contributed by atoms with Crippen LogP contribution in [-0.2, 0) is 4.79 Å². The molecule has 27 heavy (non-hydrogen) atoms. The minimum atomic E-state index is -0.333. The topological polar surface area (TPSA) is 55.4 Å². The molecular weight excluding hydrogens is 358 g/mol. The van der Waals surface area contributed by atoms with Crippen molar-refractivity contribution in [3.63, 3.8) is 0 Å². The molecule has 1 atom stereocenters. The zero-order valence-corrected chi connectivity index (χ0v) is 16.2. The molecule has 2 aliphatic rings. The lowest BCUT2D eigenvalue weighted by Crippen LogP contribution is -2.25. The van der Waals surface area contributed by atoms with Crippen molar-refractivity contribution in [3.8, 4) is 5.75 Å². The second-order valence-corrected chi connectivity index (χ2v) is 8.29. The monoisotopic (exact) mass is 381 g/mol. The molecule has 2 fully saturated rings. The first-order valence-corrected chi connectivity index (χ1v) is 10.4. The van der Waals surface area contributed by atoms with E-state index in [0.717, 1.165) is 33.8 Å². The maximum atomic E-state index is 11.9. The van der Waals surface area contributed by atoms with Crippen molar-refractivity contribution in [3.05, 3.63) is 46.9 Å². The molecule has 1 unspecified atom stereocenters. The van der Waals surface area contributed by atoms with Gasteiger partial charge in [-0.05, 0) is 60.5 Å². The van der Waals surface area contributed by atoms with Gasteiger partial charge < -0.3 is 4.74 Å². The van der Waals surface area contributed by atoms with E-state index in [1.165, 1.54) is 32.1 Å². The summed E-state index contributed by atoms with van der Waals surface area (Å²) in [5.74, 6) is 1.16. The van der Waals surface area contributed by atoms with E-state index in [0.29, 0.717) is 10.8 Å². The predicted molar refractivity (Wildman–Crippen MR) is 110 cm³/mol. The van der Waals surface area contributed by atoms with Crippen LogP contribution in [0.25, 0.3) is 16.8 Å². The van der Waals surface area contributed by atoms with Crippen molar-refractivity contribution < 1.29 is 14.3 Å². The summed E-state index contributed by atoms with van der Waals surface area (Å²) in [6, 6.07) is 12.0. The van der Waals surface area contributed by atoms with Gasteiger partial charge in [0.1, 0.15) is 5.75 Å². The molecule has 1 saturated heterocycles. The van der Waals surface area contributed by atoms with E-state index in [-0.39, 0.29) is 17.3 Å². The van der Waals surface area contributed by atoms with Crippen LogP contribution in [0.15, 0.2) is 41.3 Å². The second kappa shape index (κ2) is 7.77. The first kappa shape index (κ1) is 18.1. The molecule has 140 valence electrons. The van der Waals surface area contributed by atoms with Gasteiger partial charge in [-0.1, -0.05) is 49.6 Å². The van der Waals surface area contributed by atoms with E-state index in [1.807, 2.05) is 36.4 Å².